The summed E-state index contributed by atoms with van der Waals surface area (Å²) in [6, 6.07) is 19.7. The summed E-state index contributed by atoms with van der Waals surface area (Å²) in [6.45, 7) is 35.3. The number of carbonyl (C=O) groups is 4. The van der Waals surface area contributed by atoms with Crippen molar-refractivity contribution in [2.75, 3.05) is 137 Å². The number of benzene rings is 4. The van der Waals surface area contributed by atoms with Gasteiger partial charge in [-0.2, -0.15) is 0 Å². The van der Waals surface area contributed by atoms with Gasteiger partial charge >= 0.3 is 23.9 Å². The van der Waals surface area contributed by atoms with Crippen molar-refractivity contribution >= 4 is 136 Å². The molecule has 34 heteroatoms. The Bertz CT molecular complexity index is 5980. The summed E-state index contributed by atoms with van der Waals surface area (Å²) in [6.07, 6.45) is 6.43. The average molecular weight is 1630 g/mol. The fraction of sp³-hybridized carbons (Fsp3) is 0.429. The van der Waals surface area contributed by atoms with Crippen LogP contribution < -0.4 is 95.4 Å². The number of aromatic nitrogens is 8. The van der Waals surface area contributed by atoms with Crippen molar-refractivity contribution in [2.24, 2.45) is 43.6 Å². The smallest absolute Gasteiger partial charge is 0.309 e. The SMILES string of the molecule is C=c1nc2c(c(=O)[nH]1)=Nc1cc(C)c(C)cc1N2CCN[C@@H]1CC[C@H](C(=O)O)C1.C=c1nc2c(c(=O)[nH]1)=Nc1cc(C)c(Cl)cc1N2CCN1CCC(C(=O)OCC)CC1.C=c1nc2c(c(=O)[nH]1)=Nc1cc(C)c(N(C)C)cc1N2CCN1CCC(C(=O)O)CC1.C=c1nc2c(c(=O)[nH]1)=Nc1ccccc1N2CCN1CCC(C(=O)O)CC1. The van der Waals surface area contributed by atoms with Gasteiger partial charge in [0.25, 0.3) is 22.2 Å². The molecule has 4 fully saturated rings. The second-order valence-corrected chi connectivity index (χ2v) is 31.5. The molecule has 1 saturated carbocycles. The van der Waals surface area contributed by atoms with Crippen molar-refractivity contribution in [1.29, 1.82) is 0 Å². The maximum absolute atomic E-state index is 12.6. The number of aryl methyl sites for hydroxylation is 4. The van der Waals surface area contributed by atoms with Crippen LogP contribution in [0.4, 0.5) is 74.5 Å². The molecule has 11 heterocycles. The van der Waals surface area contributed by atoms with E-state index in [1.807, 2.05) is 117 Å². The molecule has 8 aromatic rings. The molecule has 0 spiro atoms. The zero-order chi connectivity index (χ0) is 84.1. The quantitative estimate of drug-likeness (QED) is 0.0530. The van der Waals surface area contributed by atoms with E-state index in [1.54, 1.807) is 0 Å². The second kappa shape index (κ2) is 36.3. The van der Waals surface area contributed by atoms with Gasteiger partial charge in [0.15, 0.2) is 44.7 Å². The lowest BCUT2D eigenvalue weighted by Gasteiger charge is -2.34. The molecule has 118 heavy (non-hydrogen) atoms. The Morgan fingerprint density at radius 3 is 1.26 bits per heavy atom. The number of piperidine rings is 3. The molecule has 4 aromatic heterocycles. The molecular weight excluding hydrogens is 1530 g/mol. The Morgan fingerprint density at radius 1 is 0.466 bits per heavy atom. The molecule has 2 atom stereocenters. The molecule has 620 valence electrons. The summed E-state index contributed by atoms with van der Waals surface area (Å²) < 4.78 is 5.16. The maximum Gasteiger partial charge on any atom is 0.309 e. The number of fused-ring (bicyclic) bond motifs is 8. The number of carboxylic acids is 3. The first-order valence-electron chi connectivity index (χ1n) is 39.9. The first-order valence-corrected chi connectivity index (χ1v) is 40.3. The number of rotatable bonds is 19. The monoisotopic (exact) mass is 1630 g/mol. The number of aliphatic carboxylic acids is 3. The molecule has 16 rings (SSSR count). The number of nitrogens with one attached hydrogen (secondary N) is 5. The molecule has 8 aliphatic rings. The third-order valence-electron chi connectivity index (χ3n) is 22.9. The van der Waals surface area contributed by atoms with Crippen molar-refractivity contribution in [3.05, 3.63) is 173 Å². The van der Waals surface area contributed by atoms with Crippen molar-refractivity contribution in [2.45, 2.75) is 98.4 Å². The number of anilines is 9. The third kappa shape index (κ3) is 18.9. The minimum Gasteiger partial charge on any atom is -0.481 e. The molecule has 0 amide bonds. The number of esters is 1. The number of carbonyl (C=O) groups excluding carboxylic acids is 1. The molecule has 33 nitrogen and oxygen atoms in total. The van der Waals surface area contributed by atoms with Crippen molar-refractivity contribution in [3.63, 3.8) is 0 Å². The van der Waals surface area contributed by atoms with E-state index >= 15 is 0 Å². The topological polar surface area (TPSA) is 409 Å². The van der Waals surface area contributed by atoms with Gasteiger partial charge in [-0.1, -0.05) is 50.0 Å². The Hall–Kier alpha value is -11.9. The fourth-order valence-electron chi connectivity index (χ4n) is 16.3. The highest BCUT2D eigenvalue weighted by Crippen LogP contribution is 2.42. The lowest BCUT2D eigenvalue weighted by Crippen LogP contribution is -2.45. The normalized spacial score (nSPS) is 17.5. The number of halogens is 1. The number of H-pyrrole nitrogens is 4. The highest BCUT2D eigenvalue weighted by atomic mass is 35.5. The van der Waals surface area contributed by atoms with E-state index in [1.165, 1.54) is 0 Å². The van der Waals surface area contributed by atoms with Crippen LogP contribution in [0.3, 0.4) is 0 Å². The van der Waals surface area contributed by atoms with E-state index in [2.05, 4.69) is 123 Å². The van der Waals surface area contributed by atoms with Gasteiger partial charge in [-0.15, -0.1) is 0 Å². The van der Waals surface area contributed by atoms with E-state index in [0.29, 0.717) is 150 Å². The summed E-state index contributed by atoms with van der Waals surface area (Å²) >= 11 is 6.40. The van der Waals surface area contributed by atoms with Gasteiger partial charge in [-0.05, 0) is 202 Å². The van der Waals surface area contributed by atoms with Gasteiger partial charge < -0.3 is 84.5 Å². The summed E-state index contributed by atoms with van der Waals surface area (Å²) in [5.74, 6) is -1.00. The van der Waals surface area contributed by atoms with Gasteiger partial charge in [-0.3, -0.25) is 38.4 Å². The zero-order valence-electron chi connectivity index (χ0n) is 67.5. The fourth-order valence-corrected chi connectivity index (χ4v) is 16.4. The van der Waals surface area contributed by atoms with Crippen LogP contribution in [0.25, 0.3) is 26.3 Å². The lowest BCUT2D eigenvalue weighted by molar-refractivity contribution is -0.149. The van der Waals surface area contributed by atoms with Crippen LogP contribution in [0, 0.1) is 51.4 Å². The van der Waals surface area contributed by atoms with E-state index in [-0.39, 0.29) is 63.3 Å². The third-order valence-corrected chi connectivity index (χ3v) is 23.3. The van der Waals surface area contributed by atoms with Crippen LogP contribution in [0.2, 0.25) is 5.02 Å². The number of aromatic amines is 4. The van der Waals surface area contributed by atoms with Crippen LogP contribution in [0.5, 0.6) is 0 Å². The van der Waals surface area contributed by atoms with Crippen LogP contribution >= 0.6 is 11.6 Å². The van der Waals surface area contributed by atoms with Gasteiger partial charge in [0.05, 0.1) is 75.8 Å². The van der Waals surface area contributed by atoms with Crippen LogP contribution in [-0.2, 0) is 23.9 Å². The first kappa shape index (κ1) is 84.0. The Balaban J connectivity index is 0.000000137. The lowest BCUT2D eigenvalue weighted by atomic mass is 9.97. The van der Waals surface area contributed by atoms with Crippen LogP contribution in [0.1, 0.15) is 87.0 Å². The molecule has 0 radical (unpaired) electrons. The summed E-state index contributed by atoms with van der Waals surface area (Å²) in [5, 5.41) is 32.8. The first-order chi connectivity index (χ1) is 56.5. The standard InChI is InChI=1S/C22H26ClN5O3.C22H28N6O3.C21H25N5O3.C19H21N5O3/c1-4-31-22(30)15-5-7-27(8-6-15)9-10-28-18-12-16(23)13(2)11-17(18)26-19-20(28)24-14(3)25-21(19)29;1-13-11-16-18(12-17(13)26(3)4)28(20-19(25-16)21(29)24-14(2)23-20)10-9-27-7-5-15(6-8-27)22(30)31;1-11-8-16-17(9-12(11)2)26(19-18(25-16)20(27)24-13(3)23-19)7-6-22-15-5-4-14(10-15)21(28)29;1-12-20-17-16(18(25)21-12)22-14-4-2-3-5-15(14)24(17)11-10-23-8-6-13(7-9-23)19(26)27/h11-12,15H,3-10H2,1-2H3,(H,25,29);11-12,15H,2,5-10H2,1,3-4H3,(H,24,29)(H,30,31);8-9,14-15,22H,3-7,10H2,1-2H3,(H,24,27)(H,28,29);2-5,13H,1,6-11H2,(H,21,25)(H,26,27)/t;;14-,15+;/m..0./s1. The van der Waals surface area contributed by atoms with E-state index in [0.717, 1.165) is 146 Å². The molecular formula is C84H100ClN21O12. The Labute approximate surface area is 683 Å². The van der Waals surface area contributed by atoms with Gasteiger partial charge in [0.1, 0.15) is 21.9 Å². The largest absolute Gasteiger partial charge is 0.481 e. The second-order valence-electron chi connectivity index (χ2n) is 31.1. The number of hydrogen-bond acceptors (Lipinski definition) is 26. The number of carboxylic acid groups (broad SMARTS) is 3. The number of para-hydroxylation sites is 2. The summed E-state index contributed by atoms with van der Waals surface area (Å²) in [4.78, 5) is 159. The minimum atomic E-state index is -0.716. The molecule has 0 unspecified atom stereocenters. The van der Waals surface area contributed by atoms with Gasteiger partial charge in [0.2, 0.25) is 0 Å². The molecule has 1 aliphatic carbocycles. The predicted octanol–water partition coefficient (Wildman–Crippen LogP) is 4.00. The number of ether oxygens (including phenoxy) is 1. The molecule has 3 saturated heterocycles. The van der Waals surface area contributed by atoms with E-state index in [4.69, 9.17) is 21.4 Å². The summed E-state index contributed by atoms with van der Waals surface area (Å²) in [7, 11) is 3.99. The highest BCUT2D eigenvalue weighted by Gasteiger charge is 2.35. The predicted molar refractivity (Wildman–Crippen MR) is 452 cm³/mol. The summed E-state index contributed by atoms with van der Waals surface area (Å²) in [5.41, 5.74) is 11.7. The number of nitrogens with zero attached hydrogens (tertiary/aromatic N) is 16. The zero-order valence-corrected chi connectivity index (χ0v) is 68.3. The van der Waals surface area contributed by atoms with E-state index in [9.17, 15) is 48.6 Å². The van der Waals surface area contributed by atoms with Crippen LogP contribution in [0.15, 0.2) is 99.8 Å². The molecule has 8 N–H and O–H groups in total. The van der Waals surface area contributed by atoms with Gasteiger partial charge in [0, 0.05) is 83.2 Å². The molecule has 7 aliphatic heterocycles. The minimum absolute atomic E-state index is 0.0258. The number of likely N-dealkylation sites (tertiary alicyclic amines) is 3. The Morgan fingerprint density at radius 2 is 0.839 bits per heavy atom. The Kier molecular flexibility index (Phi) is 25.9. The molecule has 0 bridgehead atoms. The highest BCUT2D eigenvalue weighted by molar-refractivity contribution is 6.31. The van der Waals surface area contributed by atoms with Crippen molar-refractivity contribution in [1.82, 2.24) is 59.9 Å². The molecule has 4 aromatic carbocycles. The van der Waals surface area contributed by atoms with Crippen molar-refractivity contribution < 1.29 is 39.2 Å². The van der Waals surface area contributed by atoms with Gasteiger partial charge in [-0.25, -0.2) is 39.9 Å². The van der Waals surface area contributed by atoms with Crippen molar-refractivity contribution in [3.8, 4) is 0 Å². The van der Waals surface area contributed by atoms with E-state index < -0.39 is 17.9 Å². The van der Waals surface area contributed by atoms with Crippen LogP contribution in [-0.4, -0.2) is 212 Å². The maximum atomic E-state index is 12.6. The average Bonchev–Trinajstić information content (AvgIpc) is 0.938. The number of hydrogen-bond donors (Lipinski definition) is 8.